The van der Waals surface area contributed by atoms with Crippen LogP contribution in [0.4, 0.5) is 0 Å². The van der Waals surface area contributed by atoms with Crippen LogP contribution in [0.3, 0.4) is 0 Å². The van der Waals surface area contributed by atoms with Crippen LogP contribution in [0.1, 0.15) is 59.3 Å². The van der Waals surface area contributed by atoms with Crippen LogP contribution < -0.4 is 5.73 Å². The fraction of sp³-hybridized carbons (Fsp3) is 0.941. The van der Waals surface area contributed by atoms with Gasteiger partial charge >= 0.3 is 0 Å². The Morgan fingerprint density at radius 3 is 2.48 bits per heavy atom. The Morgan fingerprint density at radius 1 is 1.24 bits per heavy atom. The van der Waals surface area contributed by atoms with Gasteiger partial charge < -0.3 is 15.4 Å². The molecule has 2 fully saturated rings. The maximum Gasteiger partial charge on any atom is 0.219 e. The van der Waals surface area contributed by atoms with Gasteiger partial charge in [0.15, 0.2) is 0 Å². The van der Waals surface area contributed by atoms with Crippen LogP contribution in [-0.4, -0.2) is 42.1 Å². The van der Waals surface area contributed by atoms with Crippen LogP contribution in [0.15, 0.2) is 0 Å². The van der Waals surface area contributed by atoms with E-state index in [0.717, 1.165) is 44.1 Å². The van der Waals surface area contributed by atoms with Crippen LogP contribution in [0, 0.1) is 11.8 Å². The smallest absolute Gasteiger partial charge is 0.219 e. The minimum atomic E-state index is 0.0645. The van der Waals surface area contributed by atoms with E-state index in [9.17, 15) is 4.79 Å². The number of ether oxygens (including phenoxy) is 1. The van der Waals surface area contributed by atoms with Crippen molar-refractivity contribution >= 4 is 5.91 Å². The third kappa shape index (κ3) is 4.43. The summed E-state index contributed by atoms with van der Waals surface area (Å²) in [6.45, 7) is 7.71. The molecule has 0 aromatic rings. The molecule has 0 aromatic carbocycles. The Hall–Kier alpha value is -0.610. The molecule has 1 heterocycles. The van der Waals surface area contributed by atoms with Crippen molar-refractivity contribution in [2.45, 2.75) is 77.5 Å². The number of piperidine rings is 1. The molecule has 0 spiro atoms. The molecule has 2 atom stereocenters. The molecule has 21 heavy (non-hydrogen) atoms. The number of likely N-dealkylation sites (tertiary alicyclic amines) is 1. The Kier molecular flexibility index (Phi) is 6.06. The zero-order valence-corrected chi connectivity index (χ0v) is 13.9. The highest BCUT2D eigenvalue weighted by molar-refractivity contribution is 5.73. The number of nitrogens with zero attached hydrogens (tertiary/aromatic N) is 1. The van der Waals surface area contributed by atoms with E-state index >= 15 is 0 Å². The van der Waals surface area contributed by atoms with Gasteiger partial charge in [0.1, 0.15) is 0 Å². The van der Waals surface area contributed by atoms with Crippen molar-refractivity contribution in [3.63, 3.8) is 0 Å². The molecular weight excluding hydrogens is 264 g/mol. The molecule has 1 saturated carbocycles. The van der Waals surface area contributed by atoms with Gasteiger partial charge in [0.25, 0.3) is 0 Å². The first-order valence-electron chi connectivity index (χ1n) is 8.63. The quantitative estimate of drug-likeness (QED) is 0.867. The SMILES string of the molecule is CC(=O)N1CCCC(N)C1COC1CCC(C(C)C)CC1. The number of carbonyl (C=O) groups is 1. The number of amides is 1. The largest absolute Gasteiger partial charge is 0.376 e. The van der Waals surface area contributed by atoms with Gasteiger partial charge in [-0.2, -0.15) is 0 Å². The molecular formula is C17H32N2O2. The Balaban J connectivity index is 1.80. The second-order valence-corrected chi connectivity index (χ2v) is 7.20. The fourth-order valence-electron chi connectivity index (χ4n) is 3.85. The molecule has 4 nitrogen and oxygen atoms in total. The van der Waals surface area contributed by atoms with E-state index < -0.39 is 0 Å². The summed E-state index contributed by atoms with van der Waals surface area (Å²) in [6.07, 6.45) is 7.23. The van der Waals surface area contributed by atoms with Gasteiger partial charge in [-0.15, -0.1) is 0 Å². The summed E-state index contributed by atoms with van der Waals surface area (Å²) in [6, 6.07) is 0.133. The van der Waals surface area contributed by atoms with E-state index in [1.165, 1.54) is 12.8 Å². The molecule has 1 aliphatic heterocycles. The minimum Gasteiger partial charge on any atom is -0.376 e. The summed E-state index contributed by atoms with van der Waals surface area (Å²) in [4.78, 5) is 13.6. The van der Waals surface area contributed by atoms with Gasteiger partial charge in [-0.1, -0.05) is 13.8 Å². The molecule has 1 aliphatic carbocycles. The van der Waals surface area contributed by atoms with Gasteiger partial charge in [-0.3, -0.25) is 4.79 Å². The summed E-state index contributed by atoms with van der Waals surface area (Å²) >= 11 is 0. The maximum atomic E-state index is 11.7. The molecule has 2 N–H and O–H groups in total. The van der Waals surface area contributed by atoms with Crippen molar-refractivity contribution in [3.8, 4) is 0 Å². The van der Waals surface area contributed by atoms with Crippen molar-refractivity contribution < 1.29 is 9.53 Å². The molecule has 0 aromatic heterocycles. The topological polar surface area (TPSA) is 55.6 Å². The van der Waals surface area contributed by atoms with E-state index in [1.54, 1.807) is 6.92 Å². The summed E-state index contributed by atoms with van der Waals surface area (Å²) in [5.41, 5.74) is 6.21. The lowest BCUT2D eigenvalue weighted by molar-refractivity contribution is -0.136. The number of hydrogen-bond acceptors (Lipinski definition) is 3. The van der Waals surface area contributed by atoms with Crippen molar-refractivity contribution in [3.05, 3.63) is 0 Å². The summed E-state index contributed by atoms with van der Waals surface area (Å²) < 4.78 is 6.13. The van der Waals surface area contributed by atoms with Gasteiger partial charge in [0.2, 0.25) is 5.91 Å². The number of nitrogens with two attached hydrogens (primary N) is 1. The first kappa shape index (κ1) is 16.8. The zero-order chi connectivity index (χ0) is 15.4. The van der Waals surface area contributed by atoms with E-state index in [0.29, 0.717) is 12.7 Å². The molecule has 2 rings (SSSR count). The second-order valence-electron chi connectivity index (χ2n) is 7.20. The van der Waals surface area contributed by atoms with Crippen LogP contribution in [-0.2, 0) is 9.53 Å². The van der Waals surface area contributed by atoms with Crippen LogP contribution in [0.5, 0.6) is 0 Å². The molecule has 0 radical (unpaired) electrons. The average Bonchev–Trinajstić information content (AvgIpc) is 2.46. The van der Waals surface area contributed by atoms with Gasteiger partial charge in [-0.05, 0) is 50.4 Å². The molecule has 2 unspecified atom stereocenters. The Morgan fingerprint density at radius 2 is 1.90 bits per heavy atom. The van der Waals surface area contributed by atoms with Crippen LogP contribution in [0.25, 0.3) is 0 Å². The highest BCUT2D eigenvalue weighted by Gasteiger charge is 2.32. The first-order valence-corrected chi connectivity index (χ1v) is 8.63. The van der Waals surface area contributed by atoms with E-state index in [-0.39, 0.29) is 18.0 Å². The molecule has 1 saturated heterocycles. The van der Waals surface area contributed by atoms with Gasteiger partial charge in [0.05, 0.1) is 18.8 Å². The van der Waals surface area contributed by atoms with E-state index in [1.807, 2.05) is 4.90 Å². The molecule has 4 heteroatoms. The summed E-state index contributed by atoms with van der Waals surface area (Å²) in [5.74, 6) is 1.77. The maximum absolute atomic E-state index is 11.7. The Labute approximate surface area is 129 Å². The fourth-order valence-corrected chi connectivity index (χ4v) is 3.85. The first-order chi connectivity index (χ1) is 9.99. The lowest BCUT2D eigenvalue weighted by atomic mass is 9.80. The lowest BCUT2D eigenvalue weighted by Gasteiger charge is -2.40. The average molecular weight is 296 g/mol. The van der Waals surface area contributed by atoms with E-state index in [4.69, 9.17) is 10.5 Å². The summed E-state index contributed by atoms with van der Waals surface area (Å²) in [7, 11) is 0. The third-order valence-electron chi connectivity index (χ3n) is 5.40. The van der Waals surface area contributed by atoms with Gasteiger partial charge in [-0.25, -0.2) is 0 Å². The molecule has 0 bridgehead atoms. The second kappa shape index (κ2) is 7.59. The van der Waals surface area contributed by atoms with E-state index in [2.05, 4.69) is 13.8 Å². The highest BCUT2D eigenvalue weighted by Crippen LogP contribution is 2.31. The molecule has 2 aliphatic rings. The number of hydrogen-bond donors (Lipinski definition) is 1. The predicted octanol–water partition coefficient (Wildman–Crippen LogP) is 2.56. The number of carbonyl (C=O) groups excluding carboxylic acids is 1. The minimum absolute atomic E-state index is 0.0645. The van der Waals surface area contributed by atoms with Crippen molar-refractivity contribution in [2.24, 2.45) is 17.6 Å². The number of rotatable bonds is 4. The third-order valence-corrected chi connectivity index (χ3v) is 5.40. The van der Waals surface area contributed by atoms with Crippen molar-refractivity contribution in [1.29, 1.82) is 0 Å². The van der Waals surface area contributed by atoms with Crippen LogP contribution in [0.2, 0.25) is 0 Å². The monoisotopic (exact) mass is 296 g/mol. The Bertz CT molecular complexity index is 338. The van der Waals surface area contributed by atoms with Crippen LogP contribution >= 0.6 is 0 Å². The normalized spacial score (nSPS) is 34.2. The molecule has 122 valence electrons. The predicted molar refractivity (Wildman–Crippen MR) is 84.9 cm³/mol. The zero-order valence-electron chi connectivity index (χ0n) is 13.9. The molecule has 1 amide bonds. The van der Waals surface area contributed by atoms with Crippen molar-refractivity contribution in [2.75, 3.05) is 13.2 Å². The standard InChI is InChI=1S/C17H32N2O2/c1-12(2)14-6-8-15(9-7-14)21-11-17-16(18)5-4-10-19(17)13(3)20/h12,14-17H,4-11,18H2,1-3H3. The van der Waals surface area contributed by atoms with Gasteiger partial charge in [0, 0.05) is 19.5 Å². The highest BCUT2D eigenvalue weighted by atomic mass is 16.5. The lowest BCUT2D eigenvalue weighted by Crippen LogP contribution is -2.56. The van der Waals surface area contributed by atoms with Crippen molar-refractivity contribution in [1.82, 2.24) is 4.90 Å². The summed E-state index contributed by atoms with van der Waals surface area (Å²) in [5, 5.41) is 0.